The van der Waals surface area contributed by atoms with Crippen molar-refractivity contribution in [3.8, 4) is 0 Å². The Balaban J connectivity index is 2.05. The molecule has 1 fully saturated rings. The fourth-order valence-corrected chi connectivity index (χ4v) is 2.43. The molecule has 2 N–H and O–H groups in total. The minimum atomic E-state index is 0.0368. The molecule has 16 heavy (non-hydrogen) atoms. The molecule has 3 rings (SSSR count). The third-order valence-electron chi connectivity index (χ3n) is 3.23. The van der Waals surface area contributed by atoms with Gasteiger partial charge in [-0.15, -0.1) is 0 Å². The molecule has 0 spiro atoms. The molecule has 0 radical (unpaired) electrons. The second-order valence-corrected chi connectivity index (χ2v) is 4.28. The quantitative estimate of drug-likeness (QED) is 0.748. The van der Waals surface area contributed by atoms with Crippen molar-refractivity contribution in [1.82, 2.24) is 4.98 Å². The van der Waals surface area contributed by atoms with Gasteiger partial charge < -0.3 is 15.3 Å². The van der Waals surface area contributed by atoms with Crippen LogP contribution >= 0.6 is 0 Å². The molecule has 2 aliphatic rings. The van der Waals surface area contributed by atoms with Crippen molar-refractivity contribution in [2.24, 2.45) is 0 Å². The minimum absolute atomic E-state index is 0.0368. The number of aliphatic hydroxyl groups excluding tert-OH is 1. The number of pyridine rings is 1. The van der Waals surface area contributed by atoms with Crippen molar-refractivity contribution in [1.29, 1.82) is 0 Å². The van der Waals surface area contributed by atoms with E-state index in [1.165, 1.54) is 12.8 Å². The minimum Gasteiger partial charge on any atom is -0.392 e. The Morgan fingerprint density at radius 3 is 3.38 bits per heavy atom. The van der Waals surface area contributed by atoms with E-state index in [-0.39, 0.29) is 6.61 Å². The molecule has 4 nitrogen and oxygen atoms in total. The summed E-state index contributed by atoms with van der Waals surface area (Å²) in [5.41, 5.74) is 1.84. The van der Waals surface area contributed by atoms with E-state index in [1.807, 2.05) is 12.3 Å². The monoisotopic (exact) mass is 217 g/mol. The summed E-state index contributed by atoms with van der Waals surface area (Å²) in [6.07, 6.45) is 8.34. The molecule has 0 saturated carbocycles. The zero-order chi connectivity index (χ0) is 11.0. The molecule has 1 aromatic heterocycles. The number of nitrogens with one attached hydrogen (secondary N) is 1. The summed E-state index contributed by atoms with van der Waals surface area (Å²) < 4.78 is 0. The number of fused-ring (bicyclic) bond motifs is 3. The highest BCUT2D eigenvalue weighted by Crippen LogP contribution is 2.33. The standard InChI is InChI=1S/C12H15N3O/c16-8-9-6-11-12(14-7-9)15-5-1-2-10(15)3-4-13-11/h3-4,6-7,10,13,16H,1-2,5,8H2. The molecule has 3 heterocycles. The van der Waals surface area contributed by atoms with Gasteiger partial charge in [0.15, 0.2) is 5.82 Å². The van der Waals surface area contributed by atoms with Crippen LogP contribution in [0.2, 0.25) is 0 Å². The van der Waals surface area contributed by atoms with Gasteiger partial charge in [-0.3, -0.25) is 0 Å². The van der Waals surface area contributed by atoms with Gasteiger partial charge in [-0.2, -0.15) is 0 Å². The lowest BCUT2D eigenvalue weighted by molar-refractivity contribution is 0.281. The van der Waals surface area contributed by atoms with Gasteiger partial charge in [-0.1, -0.05) is 0 Å². The van der Waals surface area contributed by atoms with E-state index in [1.54, 1.807) is 6.20 Å². The molecule has 1 atom stereocenters. The van der Waals surface area contributed by atoms with Crippen molar-refractivity contribution in [2.45, 2.75) is 25.5 Å². The first kappa shape index (κ1) is 9.66. The lowest BCUT2D eigenvalue weighted by Crippen LogP contribution is -2.27. The molecule has 1 aromatic rings. The van der Waals surface area contributed by atoms with Crippen LogP contribution in [-0.2, 0) is 6.61 Å². The van der Waals surface area contributed by atoms with Crippen LogP contribution in [0.1, 0.15) is 18.4 Å². The highest BCUT2D eigenvalue weighted by molar-refractivity contribution is 5.70. The van der Waals surface area contributed by atoms with E-state index < -0.39 is 0 Å². The largest absolute Gasteiger partial charge is 0.392 e. The van der Waals surface area contributed by atoms with Crippen LogP contribution in [0.3, 0.4) is 0 Å². The summed E-state index contributed by atoms with van der Waals surface area (Å²) in [6.45, 7) is 1.10. The molecule has 0 bridgehead atoms. The first-order valence-electron chi connectivity index (χ1n) is 5.68. The Morgan fingerprint density at radius 2 is 2.50 bits per heavy atom. The third kappa shape index (κ3) is 1.46. The van der Waals surface area contributed by atoms with Gasteiger partial charge in [0, 0.05) is 12.7 Å². The maximum atomic E-state index is 9.10. The van der Waals surface area contributed by atoms with E-state index in [9.17, 15) is 0 Å². The van der Waals surface area contributed by atoms with Crippen LogP contribution < -0.4 is 10.2 Å². The Hall–Kier alpha value is -1.55. The van der Waals surface area contributed by atoms with Crippen molar-refractivity contribution in [3.63, 3.8) is 0 Å². The molecule has 0 aromatic carbocycles. The van der Waals surface area contributed by atoms with Crippen LogP contribution in [0.25, 0.3) is 0 Å². The summed E-state index contributed by atoms with van der Waals surface area (Å²) in [6, 6.07) is 2.44. The Morgan fingerprint density at radius 1 is 1.56 bits per heavy atom. The first-order valence-corrected chi connectivity index (χ1v) is 5.68. The highest BCUT2D eigenvalue weighted by Gasteiger charge is 2.27. The van der Waals surface area contributed by atoms with Crippen LogP contribution in [0.5, 0.6) is 0 Å². The molecule has 4 heteroatoms. The number of anilines is 2. The van der Waals surface area contributed by atoms with Crippen LogP contribution in [-0.4, -0.2) is 22.7 Å². The summed E-state index contributed by atoms with van der Waals surface area (Å²) in [4.78, 5) is 6.78. The van der Waals surface area contributed by atoms with E-state index in [4.69, 9.17) is 5.11 Å². The Labute approximate surface area is 94.6 Å². The molecular formula is C12H15N3O. The smallest absolute Gasteiger partial charge is 0.152 e. The van der Waals surface area contributed by atoms with Crippen molar-refractivity contribution in [2.75, 3.05) is 16.8 Å². The van der Waals surface area contributed by atoms with Gasteiger partial charge in [-0.25, -0.2) is 4.98 Å². The van der Waals surface area contributed by atoms with Gasteiger partial charge in [0.2, 0.25) is 0 Å². The van der Waals surface area contributed by atoms with Gasteiger partial charge in [0.1, 0.15) is 0 Å². The average Bonchev–Trinajstić information content (AvgIpc) is 2.71. The molecular weight excluding hydrogens is 202 g/mol. The maximum absolute atomic E-state index is 9.10. The molecule has 0 amide bonds. The zero-order valence-electron chi connectivity index (χ0n) is 9.06. The summed E-state index contributed by atoms with van der Waals surface area (Å²) >= 11 is 0. The van der Waals surface area contributed by atoms with E-state index in [0.717, 1.165) is 23.6 Å². The van der Waals surface area contributed by atoms with Gasteiger partial charge >= 0.3 is 0 Å². The number of aliphatic hydroxyl groups is 1. The van der Waals surface area contributed by atoms with Crippen molar-refractivity contribution in [3.05, 3.63) is 30.1 Å². The summed E-state index contributed by atoms with van der Waals surface area (Å²) in [5, 5.41) is 12.3. The number of hydrogen-bond donors (Lipinski definition) is 2. The summed E-state index contributed by atoms with van der Waals surface area (Å²) in [7, 11) is 0. The maximum Gasteiger partial charge on any atom is 0.152 e. The Bertz CT molecular complexity index is 430. The van der Waals surface area contributed by atoms with E-state index in [0.29, 0.717) is 6.04 Å². The van der Waals surface area contributed by atoms with Crippen molar-refractivity contribution >= 4 is 11.5 Å². The predicted octanol–water partition coefficient (Wildman–Crippen LogP) is 1.48. The fourth-order valence-electron chi connectivity index (χ4n) is 2.43. The zero-order valence-corrected chi connectivity index (χ0v) is 9.06. The topological polar surface area (TPSA) is 48.4 Å². The van der Waals surface area contributed by atoms with Crippen LogP contribution in [0.4, 0.5) is 11.5 Å². The Kier molecular flexibility index (Phi) is 2.29. The van der Waals surface area contributed by atoms with Crippen molar-refractivity contribution < 1.29 is 5.11 Å². The lowest BCUT2D eigenvalue weighted by atomic mass is 10.2. The molecule has 1 saturated heterocycles. The number of nitrogens with zero attached hydrogens (tertiary/aromatic N) is 2. The SMILES string of the molecule is OCc1cnc2c(c1)NC=CC1CCCN21. The molecule has 84 valence electrons. The van der Waals surface area contributed by atoms with Gasteiger partial charge in [-0.05, 0) is 36.7 Å². The van der Waals surface area contributed by atoms with Crippen LogP contribution in [0, 0.1) is 0 Å². The van der Waals surface area contributed by atoms with Crippen LogP contribution in [0.15, 0.2) is 24.5 Å². The third-order valence-corrected chi connectivity index (χ3v) is 3.23. The number of rotatable bonds is 1. The normalized spacial score (nSPS) is 22.3. The highest BCUT2D eigenvalue weighted by atomic mass is 16.3. The van der Waals surface area contributed by atoms with E-state index in [2.05, 4.69) is 21.3 Å². The molecule has 0 aliphatic carbocycles. The average molecular weight is 217 g/mol. The fraction of sp³-hybridized carbons (Fsp3) is 0.417. The summed E-state index contributed by atoms with van der Waals surface area (Å²) in [5.74, 6) is 1.00. The first-order chi connectivity index (χ1) is 7.88. The molecule has 1 unspecified atom stereocenters. The second-order valence-electron chi connectivity index (χ2n) is 4.28. The molecule has 2 aliphatic heterocycles. The van der Waals surface area contributed by atoms with Gasteiger partial charge in [0.05, 0.1) is 18.3 Å². The lowest BCUT2D eigenvalue weighted by Gasteiger charge is -2.23. The number of aromatic nitrogens is 1. The van der Waals surface area contributed by atoms with E-state index >= 15 is 0 Å². The number of hydrogen-bond acceptors (Lipinski definition) is 4. The second kappa shape index (κ2) is 3.79. The predicted molar refractivity (Wildman–Crippen MR) is 63.3 cm³/mol. The van der Waals surface area contributed by atoms with Gasteiger partial charge in [0.25, 0.3) is 0 Å².